The number of nitrogens with two attached hydrogens (primary N) is 1. The van der Waals surface area contributed by atoms with Gasteiger partial charge in [0.15, 0.2) is 0 Å². The highest BCUT2D eigenvalue weighted by Crippen LogP contribution is 2.31. The maximum Gasteiger partial charge on any atom is 0.0813 e. The van der Waals surface area contributed by atoms with E-state index < -0.39 is 0 Å². The van der Waals surface area contributed by atoms with Crippen LogP contribution in [0, 0.1) is 23.7 Å². The van der Waals surface area contributed by atoms with E-state index in [-0.39, 0.29) is 0 Å². The number of hydrogen-bond acceptors (Lipinski definition) is 3. The number of ether oxygens (including phenoxy) is 1. The van der Waals surface area contributed by atoms with E-state index in [1.165, 1.54) is 24.1 Å². The Morgan fingerprint density at radius 1 is 1.32 bits per heavy atom. The van der Waals surface area contributed by atoms with Crippen molar-refractivity contribution in [3.8, 4) is 11.8 Å². The molecule has 1 fully saturated rings. The third kappa shape index (κ3) is 4.35. The second kappa shape index (κ2) is 7.09. The molecule has 0 amide bonds. The van der Waals surface area contributed by atoms with Crippen LogP contribution in [0.15, 0.2) is 12.1 Å². The zero-order chi connectivity index (χ0) is 13.7. The summed E-state index contributed by atoms with van der Waals surface area (Å²) in [6, 6.07) is 4.16. The minimum atomic E-state index is 0.419. The molecular formula is C16H23NOS. The van der Waals surface area contributed by atoms with Crippen molar-refractivity contribution in [2.75, 3.05) is 6.54 Å². The second-order valence-corrected chi connectivity index (χ2v) is 6.64. The highest BCUT2D eigenvalue weighted by Gasteiger charge is 2.24. The molecule has 0 spiro atoms. The zero-order valence-corrected chi connectivity index (χ0v) is 12.6. The van der Waals surface area contributed by atoms with Gasteiger partial charge in [-0.05, 0) is 43.2 Å². The highest BCUT2D eigenvalue weighted by atomic mass is 32.1. The summed E-state index contributed by atoms with van der Waals surface area (Å²) in [5.74, 6) is 7.58. The minimum Gasteiger partial charge on any atom is -0.373 e. The molecule has 0 aromatic carbocycles. The molecule has 19 heavy (non-hydrogen) atoms. The monoisotopic (exact) mass is 277 g/mol. The molecule has 1 heterocycles. The van der Waals surface area contributed by atoms with Crippen LogP contribution >= 0.6 is 11.3 Å². The van der Waals surface area contributed by atoms with Gasteiger partial charge in [-0.15, -0.1) is 11.3 Å². The Morgan fingerprint density at radius 2 is 2.16 bits per heavy atom. The van der Waals surface area contributed by atoms with Crippen molar-refractivity contribution in [1.82, 2.24) is 0 Å². The topological polar surface area (TPSA) is 35.2 Å². The summed E-state index contributed by atoms with van der Waals surface area (Å²) in [6.07, 6.45) is 4.14. The van der Waals surface area contributed by atoms with Crippen molar-refractivity contribution in [3.63, 3.8) is 0 Å². The van der Waals surface area contributed by atoms with Crippen LogP contribution in [0.2, 0.25) is 0 Å². The Bertz CT molecular complexity index is 457. The number of rotatable bonds is 3. The Kier molecular flexibility index (Phi) is 5.45. The van der Waals surface area contributed by atoms with E-state index in [2.05, 4.69) is 37.8 Å². The number of hydrogen-bond donors (Lipinski definition) is 1. The number of thiophene rings is 1. The molecule has 1 aromatic rings. The average Bonchev–Trinajstić information content (AvgIpc) is 2.86. The van der Waals surface area contributed by atoms with Gasteiger partial charge in [-0.1, -0.05) is 25.7 Å². The summed E-state index contributed by atoms with van der Waals surface area (Å²) in [5.41, 5.74) is 5.37. The molecule has 3 heteroatoms. The van der Waals surface area contributed by atoms with E-state index in [9.17, 15) is 0 Å². The predicted octanol–water partition coefficient (Wildman–Crippen LogP) is 3.40. The van der Waals surface area contributed by atoms with E-state index in [0.29, 0.717) is 12.6 Å². The summed E-state index contributed by atoms with van der Waals surface area (Å²) >= 11 is 1.71. The Labute approximate surface area is 120 Å². The van der Waals surface area contributed by atoms with Gasteiger partial charge in [-0.25, -0.2) is 0 Å². The molecule has 2 N–H and O–H groups in total. The predicted molar refractivity (Wildman–Crippen MR) is 81.0 cm³/mol. The fourth-order valence-electron chi connectivity index (χ4n) is 2.51. The second-order valence-electron chi connectivity index (χ2n) is 5.47. The van der Waals surface area contributed by atoms with E-state index in [1.807, 2.05) is 0 Å². The van der Waals surface area contributed by atoms with Gasteiger partial charge in [-0.2, -0.15) is 0 Å². The average molecular weight is 277 g/mol. The highest BCUT2D eigenvalue weighted by molar-refractivity contribution is 7.12. The van der Waals surface area contributed by atoms with Crippen molar-refractivity contribution in [2.24, 2.45) is 17.6 Å². The molecule has 0 bridgehead atoms. The lowest BCUT2D eigenvalue weighted by Gasteiger charge is -2.31. The van der Waals surface area contributed by atoms with Crippen molar-refractivity contribution < 1.29 is 4.74 Å². The van der Waals surface area contributed by atoms with Crippen LogP contribution in [0.25, 0.3) is 0 Å². The van der Waals surface area contributed by atoms with Crippen LogP contribution in [0.1, 0.15) is 42.9 Å². The van der Waals surface area contributed by atoms with Gasteiger partial charge < -0.3 is 10.5 Å². The quantitative estimate of drug-likeness (QED) is 0.859. The zero-order valence-electron chi connectivity index (χ0n) is 11.8. The first-order chi connectivity index (χ1) is 9.19. The molecule has 0 saturated heterocycles. The fourth-order valence-corrected chi connectivity index (χ4v) is 3.32. The summed E-state index contributed by atoms with van der Waals surface area (Å²) < 4.78 is 6.04. The molecule has 3 unspecified atom stereocenters. The molecule has 2 rings (SSSR count). The standard InChI is InChI=1S/C16H23NOS/c1-12-5-6-14(10-13(12)2)18-11-16-8-7-15(19-16)4-3-9-17/h7-8,12-14H,5-6,9-11,17H2,1-2H3. The third-order valence-corrected chi connectivity index (χ3v) is 4.96. The smallest absolute Gasteiger partial charge is 0.0813 e. The minimum absolute atomic E-state index is 0.419. The van der Waals surface area contributed by atoms with Crippen molar-refractivity contribution in [3.05, 3.63) is 21.9 Å². The maximum absolute atomic E-state index is 6.04. The lowest BCUT2D eigenvalue weighted by molar-refractivity contribution is -0.00633. The first-order valence-corrected chi connectivity index (χ1v) is 7.90. The van der Waals surface area contributed by atoms with Crippen LogP contribution in [0.3, 0.4) is 0 Å². The molecule has 1 aromatic heterocycles. The fraction of sp³-hybridized carbons (Fsp3) is 0.625. The Morgan fingerprint density at radius 3 is 2.89 bits per heavy atom. The first-order valence-electron chi connectivity index (χ1n) is 7.08. The maximum atomic E-state index is 6.04. The Balaban J connectivity index is 1.80. The van der Waals surface area contributed by atoms with Crippen molar-refractivity contribution in [1.29, 1.82) is 0 Å². The lowest BCUT2D eigenvalue weighted by atomic mass is 9.80. The van der Waals surface area contributed by atoms with E-state index >= 15 is 0 Å². The molecule has 1 aliphatic carbocycles. The molecule has 1 aliphatic rings. The molecule has 104 valence electrons. The van der Waals surface area contributed by atoms with Crippen LogP contribution < -0.4 is 5.73 Å². The molecule has 2 nitrogen and oxygen atoms in total. The largest absolute Gasteiger partial charge is 0.373 e. The van der Waals surface area contributed by atoms with Gasteiger partial charge in [0.25, 0.3) is 0 Å². The summed E-state index contributed by atoms with van der Waals surface area (Å²) in [6.45, 7) is 5.83. The van der Waals surface area contributed by atoms with Gasteiger partial charge in [0.1, 0.15) is 0 Å². The SMILES string of the molecule is CC1CCC(OCc2ccc(C#CCN)s2)CC1C. The van der Waals surface area contributed by atoms with Gasteiger partial charge in [0, 0.05) is 4.88 Å². The van der Waals surface area contributed by atoms with E-state index in [1.54, 1.807) is 11.3 Å². The summed E-state index contributed by atoms with van der Waals surface area (Å²) in [5, 5.41) is 0. The normalized spacial score (nSPS) is 26.8. The first kappa shape index (κ1) is 14.6. The summed E-state index contributed by atoms with van der Waals surface area (Å²) in [7, 11) is 0. The van der Waals surface area contributed by atoms with E-state index in [0.717, 1.165) is 23.3 Å². The van der Waals surface area contributed by atoms with Gasteiger partial charge >= 0.3 is 0 Å². The van der Waals surface area contributed by atoms with Gasteiger partial charge in [0.05, 0.1) is 24.1 Å². The van der Waals surface area contributed by atoms with E-state index in [4.69, 9.17) is 10.5 Å². The summed E-state index contributed by atoms with van der Waals surface area (Å²) in [4.78, 5) is 2.34. The van der Waals surface area contributed by atoms with Crippen molar-refractivity contribution in [2.45, 2.75) is 45.8 Å². The molecule has 0 aliphatic heterocycles. The molecule has 0 radical (unpaired) electrons. The van der Waals surface area contributed by atoms with Gasteiger partial charge in [0.2, 0.25) is 0 Å². The van der Waals surface area contributed by atoms with Crippen LogP contribution in [-0.2, 0) is 11.3 Å². The third-order valence-electron chi connectivity index (χ3n) is 3.99. The molecule has 1 saturated carbocycles. The van der Waals surface area contributed by atoms with Crippen molar-refractivity contribution >= 4 is 11.3 Å². The lowest BCUT2D eigenvalue weighted by Crippen LogP contribution is -2.26. The molecular weight excluding hydrogens is 254 g/mol. The van der Waals surface area contributed by atoms with Crippen LogP contribution in [-0.4, -0.2) is 12.6 Å². The molecule has 3 atom stereocenters. The van der Waals surface area contributed by atoms with Gasteiger partial charge in [-0.3, -0.25) is 0 Å². The Hall–Kier alpha value is -0.820. The van der Waals surface area contributed by atoms with Crippen LogP contribution in [0.5, 0.6) is 0 Å². The van der Waals surface area contributed by atoms with Crippen LogP contribution in [0.4, 0.5) is 0 Å².